The number of halogens is 1. The molecule has 2 aromatic heterocycles. The van der Waals surface area contributed by atoms with Crippen LogP contribution in [0.5, 0.6) is 0 Å². The number of hydrogen-bond donors (Lipinski definition) is 0. The van der Waals surface area contributed by atoms with Crippen LogP contribution in [0.4, 0.5) is 4.39 Å². The van der Waals surface area contributed by atoms with E-state index in [1.54, 1.807) is 6.92 Å². The quantitative estimate of drug-likeness (QED) is 0.771. The van der Waals surface area contributed by atoms with Crippen molar-refractivity contribution in [3.05, 3.63) is 28.8 Å². The lowest BCUT2D eigenvalue weighted by Gasteiger charge is -2.24. The standard InChI is InChI=1S/C15H15FN2S/c1-15(16)10-4-8(5-11(10)15)13-14-9(2-3-19-14)12-6-17-7-18(12)13/h2-3,6-8,10-11,13H,4-5H2,1H3/t8?,10-,11+,13-,15?/m1/s1. The number of fused-ring (bicyclic) bond motifs is 4. The second kappa shape index (κ2) is 3.11. The first kappa shape index (κ1) is 10.6. The molecule has 98 valence electrons. The molecule has 2 nitrogen and oxygen atoms in total. The zero-order valence-electron chi connectivity index (χ0n) is 10.7. The molecule has 2 saturated carbocycles. The minimum Gasteiger partial charge on any atom is -0.322 e. The molecule has 2 fully saturated rings. The summed E-state index contributed by atoms with van der Waals surface area (Å²) in [5, 5.41) is 2.17. The third-order valence-corrected chi connectivity index (χ3v) is 6.58. The van der Waals surface area contributed by atoms with E-state index in [1.165, 1.54) is 16.1 Å². The Morgan fingerprint density at radius 1 is 1.42 bits per heavy atom. The van der Waals surface area contributed by atoms with E-state index in [0.29, 0.717) is 23.8 Å². The highest BCUT2D eigenvalue weighted by atomic mass is 32.1. The summed E-state index contributed by atoms with van der Waals surface area (Å²) in [4.78, 5) is 5.76. The second-order valence-corrected chi connectivity index (χ2v) is 7.37. The van der Waals surface area contributed by atoms with Gasteiger partial charge in [-0.05, 0) is 49.0 Å². The Bertz CT molecular complexity index is 617. The van der Waals surface area contributed by atoms with E-state index < -0.39 is 5.67 Å². The van der Waals surface area contributed by atoms with Gasteiger partial charge >= 0.3 is 0 Å². The van der Waals surface area contributed by atoms with Crippen molar-refractivity contribution >= 4 is 11.3 Å². The van der Waals surface area contributed by atoms with Crippen LogP contribution in [0, 0.1) is 17.8 Å². The zero-order valence-corrected chi connectivity index (χ0v) is 11.5. The van der Waals surface area contributed by atoms with Crippen molar-refractivity contribution < 1.29 is 4.39 Å². The number of imidazole rings is 1. The summed E-state index contributed by atoms with van der Waals surface area (Å²) in [7, 11) is 0. The van der Waals surface area contributed by atoms with Crippen LogP contribution in [0.3, 0.4) is 0 Å². The molecule has 19 heavy (non-hydrogen) atoms. The molecular formula is C15H15FN2S. The summed E-state index contributed by atoms with van der Waals surface area (Å²) in [5.74, 6) is 1.22. The average molecular weight is 274 g/mol. The van der Waals surface area contributed by atoms with Gasteiger partial charge in [0.1, 0.15) is 5.67 Å². The molecule has 5 atom stereocenters. The smallest absolute Gasteiger partial charge is 0.114 e. The van der Waals surface area contributed by atoms with Crippen molar-refractivity contribution in [2.24, 2.45) is 17.8 Å². The van der Waals surface area contributed by atoms with Gasteiger partial charge in [0.15, 0.2) is 0 Å². The SMILES string of the molecule is CC1(F)[C@@H]2CC([C@@H]3c4sccc4-c4cncn43)C[C@@H]21. The van der Waals surface area contributed by atoms with Gasteiger partial charge in [0.05, 0.1) is 24.3 Å². The Kier molecular flexibility index (Phi) is 1.74. The number of hydrogen-bond acceptors (Lipinski definition) is 2. The highest BCUT2D eigenvalue weighted by Gasteiger charge is 2.67. The molecule has 2 aliphatic carbocycles. The molecule has 1 aliphatic heterocycles. The van der Waals surface area contributed by atoms with Crippen molar-refractivity contribution in [3.8, 4) is 11.3 Å². The number of alkyl halides is 1. The van der Waals surface area contributed by atoms with Crippen LogP contribution in [0.15, 0.2) is 24.0 Å². The van der Waals surface area contributed by atoms with Crippen LogP contribution < -0.4 is 0 Å². The van der Waals surface area contributed by atoms with Crippen molar-refractivity contribution in [1.29, 1.82) is 0 Å². The number of thiophene rings is 1. The van der Waals surface area contributed by atoms with Crippen LogP contribution in [0.1, 0.15) is 30.7 Å². The third kappa shape index (κ3) is 1.15. The summed E-state index contributed by atoms with van der Waals surface area (Å²) < 4.78 is 16.3. The maximum absolute atomic E-state index is 14.0. The average Bonchev–Trinajstić information content (AvgIpc) is 2.95. The van der Waals surface area contributed by atoms with Gasteiger partial charge in [0.25, 0.3) is 0 Å². The van der Waals surface area contributed by atoms with Gasteiger partial charge < -0.3 is 4.57 Å². The Morgan fingerprint density at radius 3 is 3.00 bits per heavy atom. The van der Waals surface area contributed by atoms with E-state index >= 15 is 0 Å². The predicted octanol–water partition coefficient (Wildman–Crippen LogP) is 3.90. The van der Waals surface area contributed by atoms with E-state index in [9.17, 15) is 4.39 Å². The fourth-order valence-corrected chi connectivity index (χ4v) is 5.61. The van der Waals surface area contributed by atoms with Crippen LogP contribution in [0.2, 0.25) is 0 Å². The first-order chi connectivity index (χ1) is 9.18. The lowest BCUT2D eigenvalue weighted by molar-refractivity contribution is 0.226. The first-order valence-corrected chi connectivity index (χ1v) is 7.84. The van der Waals surface area contributed by atoms with Crippen LogP contribution in [-0.2, 0) is 0 Å². The molecule has 2 aromatic rings. The molecule has 0 spiro atoms. The molecule has 0 radical (unpaired) electrons. The lowest BCUT2D eigenvalue weighted by atomic mass is 9.91. The Labute approximate surface area is 115 Å². The fraction of sp³-hybridized carbons (Fsp3) is 0.533. The van der Waals surface area contributed by atoms with Gasteiger partial charge in [0, 0.05) is 10.4 Å². The maximum atomic E-state index is 14.0. The van der Waals surface area contributed by atoms with E-state index in [0.717, 1.165) is 12.8 Å². The van der Waals surface area contributed by atoms with Crippen molar-refractivity contribution in [3.63, 3.8) is 0 Å². The molecule has 0 saturated heterocycles. The lowest BCUT2D eigenvalue weighted by Crippen LogP contribution is -2.19. The Morgan fingerprint density at radius 2 is 2.21 bits per heavy atom. The molecule has 5 rings (SSSR count). The number of nitrogens with zero attached hydrogens (tertiary/aromatic N) is 2. The van der Waals surface area contributed by atoms with Gasteiger partial charge in [-0.25, -0.2) is 9.37 Å². The highest BCUT2D eigenvalue weighted by molar-refractivity contribution is 7.10. The molecule has 0 amide bonds. The van der Waals surface area contributed by atoms with Crippen LogP contribution in [0.25, 0.3) is 11.3 Å². The molecule has 0 bridgehead atoms. The number of aromatic nitrogens is 2. The molecule has 4 heteroatoms. The van der Waals surface area contributed by atoms with E-state index in [2.05, 4.69) is 21.0 Å². The van der Waals surface area contributed by atoms with Crippen molar-refractivity contribution in [2.75, 3.05) is 0 Å². The summed E-state index contributed by atoms with van der Waals surface area (Å²) >= 11 is 1.84. The molecule has 0 aromatic carbocycles. The molecule has 0 N–H and O–H groups in total. The minimum atomic E-state index is -0.870. The topological polar surface area (TPSA) is 17.8 Å². The van der Waals surface area contributed by atoms with Crippen LogP contribution in [-0.4, -0.2) is 15.2 Å². The van der Waals surface area contributed by atoms with E-state index in [1.807, 2.05) is 23.9 Å². The summed E-state index contributed by atoms with van der Waals surface area (Å²) in [6.45, 7) is 1.78. The van der Waals surface area contributed by atoms with Gasteiger partial charge in [-0.15, -0.1) is 11.3 Å². The largest absolute Gasteiger partial charge is 0.322 e. The van der Waals surface area contributed by atoms with E-state index in [-0.39, 0.29) is 0 Å². The van der Waals surface area contributed by atoms with Gasteiger partial charge in [-0.2, -0.15) is 0 Å². The normalized spacial score (nSPS) is 42.0. The summed E-state index contributed by atoms with van der Waals surface area (Å²) in [6.07, 6.45) is 5.99. The summed E-state index contributed by atoms with van der Waals surface area (Å²) in [6, 6.07) is 2.61. The van der Waals surface area contributed by atoms with Crippen molar-refractivity contribution in [2.45, 2.75) is 31.5 Å². The maximum Gasteiger partial charge on any atom is 0.114 e. The predicted molar refractivity (Wildman–Crippen MR) is 72.9 cm³/mol. The molecule has 3 aliphatic rings. The minimum absolute atomic E-state index is 0.313. The highest BCUT2D eigenvalue weighted by Crippen LogP contribution is 2.67. The molecular weight excluding hydrogens is 259 g/mol. The summed E-state index contributed by atoms with van der Waals surface area (Å²) in [5.41, 5.74) is 1.71. The van der Waals surface area contributed by atoms with Gasteiger partial charge in [0.2, 0.25) is 0 Å². The molecule has 3 heterocycles. The van der Waals surface area contributed by atoms with Crippen LogP contribution >= 0.6 is 11.3 Å². The first-order valence-electron chi connectivity index (χ1n) is 6.96. The Balaban J connectivity index is 1.55. The second-order valence-electron chi connectivity index (χ2n) is 6.43. The Hall–Kier alpha value is -1.16. The molecule has 2 unspecified atom stereocenters. The third-order valence-electron chi connectivity index (χ3n) is 5.59. The number of rotatable bonds is 1. The van der Waals surface area contributed by atoms with E-state index in [4.69, 9.17) is 0 Å². The fourth-order valence-electron chi connectivity index (χ4n) is 4.52. The van der Waals surface area contributed by atoms with Gasteiger partial charge in [-0.1, -0.05) is 0 Å². The van der Waals surface area contributed by atoms with Gasteiger partial charge in [-0.3, -0.25) is 0 Å². The monoisotopic (exact) mass is 274 g/mol. The van der Waals surface area contributed by atoms with Crippen molar-refractivity contribution in [1.82, 2.24) is 9.55 Å². The zero-order chi connectivity index (χ0) is 12.8.